The SMILES string of the molecule is CC1(C)[C@H](C(=O)O)[C@@H]1c1csc(N)n1. The number of thiazole rings is 1. The molecule has 5 heteroatoms. The second-order valence-electron chi connectivity index (χ2n) is 4.23. The van der Waals surface area contributed by atoms with E-state index in [1.54, 1.807) is 0 Å². The van der Waals surface area contributed by atoms with Crippen LogP contribution in [0.25, 0.3) is 0 Å². The van der Waals surface area contributed by atoms with Crippen LogP contribution in [0.3, 0.4) is 0 Å². The molecule has 1 aromatic heterocycles. The number of hydrogen-bond donors (Lipinski definition) is 2. The monoisotopic (exact) mass is 212 g/mol. The van der Waals surface area contributed by atoms with Crippen LogP contribution >= 0.6 is 11.3 Å². The first-order valence-corrected chi connectivity index (χ1v) is 5.26. The number of carbonyl (C=O) groups is 1. The highest BCUT2D eigenvalue weighted by Crippen LogP contribution is 2.64. The smallest absolute Gasteiger partial charge is 0.307 e. The number of rotatable bonds is 2. The maximum Gasteiger partial charge on any atom is 0.307 e. The van der Waals surface area contributed by atoms with Crippen LogP contribution < -0.4 is 5.73 Å². The zero-order valence-electron chi connectivity index (χ0n) is 8.02. The zero-order valence-corrected chi connectivity index (χ0v) is 8.84. The molecule has 0 aliphatic heterocycles. The number of nitrogens with zero attached hydrogens (tertiary/aromatic N) is 1. The van der Waals surface area contributed by atoms with E-state index in [9.17, 15) is 4.79 Å². The second kappa shape index (κ2) is 2.70. The van der Waals surface area contributed by atoms with Crippen molar-refractivity contribution in [3.05, 3.63) is 11.1 Å². The van der Waals surface area contributed by atoms with Crippen LogP contribution in [0.1, 0.15) is 25.5 Å². The number of aliphatic carboxylic acids is 1. The van der Waals surface area contributed by atoms with E-state index in [2.05, 4.69) is 4.98 Å². The summed E-state index contributed by atoms with van der Waals surface area (Å²) in [4.78, 5) is 15.0. The molecule has 2 atom stereocenters. The van der Waals surface area contributed by atoms with Gasteiger partial charge in [0.1, 0.15) is 0 Å². The summed E-state index contributed by atoms with van der Waals surface area (Å²) in [7, 11) is 0. The van der Waals surface area contributed by atoms with Crippen molar-refractivity contribution in [1.82, 2.24) is 4.98 Å². The maximum atomic E-state index is 10.9. The molecule has 0 aromatic carbocycles. The first-order valence-electron chi connectivity index (χ1n) is 4.38. The fourth-order valence-electron chi connectivity index (χ4n) is 2.09. The summed E-state index contributed by atoms with van der Waals surface area (Å²) in [6.07, 6.45) is 0. The fourth-order valence-corrected chi connectivity index (χ4v) is 2.69. The minimum absolute atomic E-state index is 0.0218. The summed E-state index contributed by atoms with van der Waals surface area (Å²) >= 11 is 1.36. The summed E-state index contributed by atoms with van der Waals surface area (Å²) < 4.78 is 0. The van der Waals surface area contributed by atoms with E-state index < -0.39 is 5.97 Å². The van der Waals surface area contributed by atoms with Crippen molar-refractivity contribution in [2.75, 3.05) is 5.73 Å². The highest BCUT2D eigenvalue weighted by Gasteiger charge is 2.63. The van der Waals surface area contributed by atoms with Gasteiger partial charge in [-0.25, -0.2) is 4.98 Å². The average Bonchev–Trinajstić information content (AvgIpc) is 2.42. The van der Waals surface area contributed by atoms with E-state index in [0.717, 1.165) is 5.69 Å². The van der Waals surface area contributed by atoms with Crippen LogP contribution in [0, 0.1) is 11.3 Å². The van der Waals surface area contributed by atoms with Crippen LogP contribution in [0.4, 0.5) is 5.13 Å². The van der Waals surface area contributed by atoms with Gasteiger partial charge in [-0.1, -0.05) is 13.8 Å². The number of carboxylic acids is 1. The third-order valence-corrected chi connectivity index (χ3v) is 3.64. The van der Waals surface area contributed by atoms with Gasteiger partial charge in [0.2, 0.25) is 0 Å². The van der Waals surface area contributed by atoms with E-state index in [4.69, 9.17) is 10.8 Å². The minimum atomic E-state index is -0.744. The van der Waals surface area contributed by atoms with E-state index in [1.807, 2.05) is 19.2 Å². The molecule has 0 saturated heterocycles. The first-order chi connectivity index (χ1) is 6.44. The van der Waals surface area contributed by atoms with Crippen molar-refractivity contribution in [2.24, 2.45) is 11.3 Å². The lowest BCUT2D eigenvalue weighted by atomic mass is 10.1. The molecule has 1 aromatic rings. The lowest BCUT2D eigenvalue weighted by Gasteiger charge is -1.97. The summed E-state index contributed by atoms with van der Waals surface area (Å²) in [5.74, 6) is -1.04. The molecule has 1 aliphatic rings. The average molecular weight is 212 g/mol. The number of aromatic nitrogens is 1. The Balaban J connectivity index is 2.27. The molecule has 1 heterocycles. The molecule has 0 bridgehead atoms. The van der Waals surface area contributed by atoms with Gasteiger partial charge in [-0.3, -0.25) is 4.79 Å². The van der Waals surface area contributed by atoms with E-state index >= 15 is 0 Å². The van der Waals surface area contributed by atoms with Crippen LogP contribution in [-0.4, -0.2) is 16.1 Å². The van der Waals surface area contributed by atoms with Crippen molar-refractivity contribution >= 4 is 22.4 Å². The van der Waals surface area contributed by atoms with E-state index in [1.165, 1.54) is 11.3 Å². The molecule has 3 N–H and O–H groups in total. The number of nitrogen functional groups attached to an aromatic ring is 1. The Kier molecular flexibility index (Phi) is 1.82. The minimum Gasteiger partial charge on any atom is -0.481 e. The van der Waals surface area contributed by atoms with Gasteiger partial charge in [0.25, 0.3) is 0 Å². The van der Waals surface area contributed by atoms with Crippen molar-refractivity contribution < 1.29 is 9.90 Å². The van der Waals surface area contributed by atoms with Gasteiger partial charge in [0.05, 0.1) is 11.6 Å². The van der Waals surface area contributed by atoms with E-state index in [-0.39, 0.29) is 17.3 Å². The maximum absolute atomic E-state index is 10.9. The van der Waals surface area contributed by atoms with E-state index in [0.29, 0.717) is 5.13 Å². The standard InChI is InChI=1S/C9H12N2O2S/c1-9(2)5(6(9)7(12)13)4-3-14-8(10)11-4/h3,5-6H,1-2H3,(H2,10,11)(H,12,13)/t5-,6-/m0/s1. The van der Waals surface area contributed by atoms with Gasteiger partial charge in [-0.2, -0.15) is 0 Å². The Morgan fingerprint density at radius 1 is 1.71 bits per heavy atom. The van der Waals surface area contributed by atoms with Crippen molar-refractivity contribution in [1.29, 1.82) is 0 Å². The van der Waals surface area contributed by atoms with Crippen LogP contribution in [0.2, 0.25) is 0 Å². The van der Waals surface area contributed by atoms with Gasteiger partial charge >= 0.3 is 5.97 Å². The van der Waals surface area contributed by atoms with Crippen molar-refractivity contribution in [3.8, 4) is 0 Å². The molecule has 14 heavy (non-hydrogen) atoms. The Bertz CT molecular complexity index is 386. The van der Waals surface area contributed by atoms with Gasteiger partial charge in [0, 0.05) is 11.3 Å². The van der Waals surface area contributed by atoms with Crippen molar-refractivity contribution in [3.63, 3.8) is 0 Å². The summed E-state index contributed by atoms with van der Waals surface area (Å²) in [6.45, 7) is 3.90. The molecular formula is C9H12N2O2S. The number of hydrogen-bond acceptors (Lipinski definition) is 4. The molecule has 0 radical (unpaired) electrons. The normalized spacial score (nSPS) is 28.7. The molecular weight excluding hydrogens is 200 g/mol. The molecule has 4 nitrogen and oxygen atoms in total. The van der Waals surface area contributed by atoms with Gasteiger partial charge < -0.3 is 10.8 Å². The van der Waals surface area contributed by atoms with Crippen LogP contribution in [-0.2, 0) is 4.79 Å². The third kappa shape index (κ3) is 1.19. The molecule has 1 saturated carbocycles. The van der Waals surface area contributed by atoms with Crippen LogP contribution in [0.5, 0.6) is 0 Å². The second-order valence-corrected chi connectivity index (χ2v) is 5.12. The fraction of sp³-hybridized carbons (Fsp3) is 0.556. The predicted octanol–water partition coefficient (Wildman–Crippen LogP) is 1.55. The Morgan fingerprint density at radius 3 is 2.71 bits per heavy atom. The Morgan fingerprint density at radius 2 is 2.36 bits per heavy atom. The molecule has 1 aliphatic carbocycles. The molecule has 0 spiro atoms. The zero-order chi connectivity index (χ0) is 10.5. The van der Waals surface area contributed by atoms with Gasteiger partial charge in [0.15, 0.2) is 5.13 Å². The lowest BCUT2D eigenvalue weighted by Crippen LogP contribution is -2.03. The number of nitrogens with two attached hydrogens (primary N) is 1. The topological polar surface area (TPSA) is 76.2 Å². The molecule has 2 rings (SSSR count). The Hall–Kier alpha value is -1.10. The Labute approximate surface area is 85.8 Å². The molecule has 0 amide bonds. The lowest BCUT2D eigenvalue weighted by molar-refractivity contribution is -0.139. The third-order valence-electron chi connectivity index (χ3n) is 2.95. The van der Waals surface area contributed by atoms with Gasteiger partial charge in [-0.15, -0.1) is 11.3 Å². The van der Waals surface area contributed by atoms with Gasteiger partial charge in [-0.05, 0) is 5.41 Å². The largest absolute Gasteiger partial charge is 0.481 e. The predicted molar refractivity (Wildman–Crippen MR) is 54.2 cm³/mol. The molecule has 1 fully saturated rings. The van der Waals surface area contributed by atoms with Crippen molar-refractivity contribution in [2.45, 2.75) is 19.8 Å². The highest BCUT2D eigenvalue weighted by molar-refractivity contribution is 7.13. The summed E-state index contributed by atoms with van der Waals surface area (Å²) in [5.41, 5.74) is 6.15. The number of carboxylic acid groups (broad SMARTS) is 1. The molecule has 0 unspecified atom stereocenters. The van der Waals surface area contributed by atoms with Crippen LogP contribution in [0.15, 0.2) is 5.38 Å². The summed E-state index contributed by atoms with van der Waals surface area (Å²) in [6, 6.07) is 0. The number of anilines is 1. The highest BCUT2D eigenvalue weighted by atomic mass is 32.1. The first kappa shape index (κ1) is 9.45. The molecule has 76 valence electrons. The summed E-state index contributed by atoms with van der Waals surface area (Å²) in [5, 5.41) is 11.3. The quantitative estimate of drug-likeness (QED) is 0.779.